The van der Waals surface area contributed by atoms with Crippen molar-refractivity contribution in [1.82, 2.24) is 15.1 Å². The van der Waals surface area contributed by atoms with Gasteiger partial charge in [0.1, 0.15) is 0 Å². The van der Waals surface area contributed by atoms with Gasteiger partial charge in [-0.2, -0.15) is 5.10 Å². The highest BCUT2D eigenvalue weighted by molar-refractivity contribution is 6.33. The van der Waals surface area contributed by atoms with Crippen molar-refractivity contribution in [2.24, 2.45) is 0 Å². The summed E-state index contributed by atoms with van der Waals surface area (Å²) in [7, 11) is 0. The third kappa shape index (κ3) is 4.18. The summed E-state index contributed by atoms with van der Waals surface area (Å²) in [5.74, 6) is 0.315. The lowest BCUT2D eigenvalue weighted by molar-refractivity contribution is 0.0930. The maximum Gasteiger partial charge on any atom is 0.273 e. The second-order valence-corrected chi connectivity index (χ2v) is 6.50. The largest absolute Gasteiger partial charge is 0.344 e. The molecule has 1 N–H and O–H groups in total. The van der Waals surface area contributed by atoms with Crippen molar-refractivity contribution >= 4 is 17.5 Å². The van der Waals surface area contributed by atoms with E-state index in [4.69, 9.17) is 11.6 Å². The van der Waals surface area contributed by atoms with E-state index in [1.807, 2.05) is 6.92 Å². The minimum absolute atomic E-state index is 0.0497. The van der Waals surface area contributed by atoms with E-state index in [9.17, 15) is 4.79 Å². The quantitative estimate of drug-likeness (QED) is 0.770. The van der Waals surface area contributed by atoms with Crippen LogP contribution in [0.4, 0.5) is 0 Å². The molecule has 2 aromatic rings. The van der Waals surface area contributed by atoms with Gasteiger partial charge in [-0.15, -0.1) is 0 Å². The number of aryl methyl sites for hydroxylation is 1. The molecule has 0 aliphatic rings. The lowest BCUT2D eigenvalue weighted by Gasteiger charge is -2.18. The third-order valence-electron chi connectivity index (χ3n) is 4.49. The molecule has 5 heteroatoms. The van der Waals surface area contributed by atoms with Crippen LogP contribution in [0.5, 0.6) is 0 Å². The molecular weight excluding hydrogens is 322 g/mol. The molecule has 0 spiro atoms. The molecule has 1 aromatic carbocycles. The second kappa shape index (κ2) is 8.34. The molecule has 1 heterocycles. The molecule has 0 saturated carbocycles. The molecule has 0 fully saturated rings. The Morgan fingerprint density at radius 1 is 1.17 bits per heavy atom. The lowest BCUT2D eigenvalue weighted by Crippen LogP contribution is -2.28. The van der Waals surface area contributed by atoms with Crippen LogP contribution < -0.4 is 5.32 Å². The van der Waals surface area contributed by atoms with Crippen LogP contribution in [0.15, 0.2) is 30.5 Å². The molecule has 24 heavy (non-hydrogen) atoms. The van der Waals surface area contributed by atoms with Crippen molar-refractivity contribution < 1.29 is 4.79 Å². The monoisotopic (exact) mass is 347 g/mol. The normalized spacial score (nSPS) is 13.5. The zero-order valence-electron chi connectivity index (χ0n) is 14.8. The van der Waals surface area contributed by atoms with E-state index in [1.54, 1.807) is 10.9 Å². The minimum atomic E-state index is -0.231. The summed E-state index contributed by atoms with van der Waals surface area (Å²) >= 11 is 6.12. The molecule has 0 aliphatic heterocycles. The fraction of sp³-hybridized carbons (Fsp3) is 0.474. The van der Waals surface area contributed by atoms with E-state index in [2.05, 4.69) is 55.5 Å². The Kier molecular flexibility index (Phi) is 6.44. The van der Waals surface area contributed by atoms with Crippen molar-refractivity contribution in [3.63, 3.8) is 0 Å². The Labute approximate surface area is 149 Å². The topological polar surface area (TPSA) is 46.9 Å². The number of carbonyl (C=O) groups excluding carboxylic acids is 1. The Balaban J connectivity index is 2.13. The Morgan fingerprint density at radius 3 is 2.29 bits per heavy atom. The SMILES string of the molecule is CCC(C)c1ccc(C(CC)NC(=O)c2nn(CC)cc2Cl)cc1. The van der Waals surface area contributed by atoms with E-state index in [0.29, 0.717) is 17.5 Å². The molecule has 130 valence electrons. The number of aromatic nitrogens is 2. The molecule has 0 bridgehead atoms. The fourth-order valence-electron chi connectivity index (χ4n) is 2.65. The highest BCUT2D eigenvalue weighted by atomic mass is 35.5. The van der Waals surface area contributed by atoms with Crippen LogP contribution in [0.3, 0.4) is 0 Å². The Bertz CT molecular complexity index is 678. The summed E-state index contributed by atoms with van der Waals surface area (Å²) in [6, 6.07) is 8.45. The van der Waals surface area contributed by atoms with Gasteiger partial charge in [0.2, 0.25) is 0 Å². The van der Waals surface area contributed by atoms with Crippen LogP contribution in [-0.4, -0.2) is 15.7 Å². The first-order valence-electron chi connectivity index (χ1n) is 8.63. The summed E-state index contributed by atoms with van der Waals surface area (Å²) in [5, 5.41) is 7.66. The van der Waals surface area contributed by atoms with Gasteiger partial charge < -0.3 is 5.32 Å². The van der Waals surface area contributed by atoms with Gasteiger partial charge >= 0.3 is 0 Å². The van der Waals surface area contributed by atoms with Gasteiger partial charge in [-0.25, -0.2) is 0 Å². The average molecular weight is 348 g/mol. The van der Waals surface area contributed by atoms with Crippen molar-refractivity contribution in [2.75, 3.05) is 0 Å². The first kappa shape index (κ1) is 18.5. The summed E-state index contributed by atoms with van der Waals surface area (Å²) in [6.07, 6.45) is 3.60. The zero-order valence-corrected chi connectivity index (χ0v) is 15.6. The maximum absolute atomic E-state index is 12.5. The molecular formula is C19H26ClN3O. The standard InChI is InChI=1S/C19H26ClN3O/c1-5-13(4)14-8-10-15(11-9-14)17(6-2)21-19(24)18-16(20)12-23(7-3)22-18/h8-13,17H,5-7H2,1-4H3,(H,21,24). The number of nitrogens with zero attached hydrogens (tertiary/aromatic N) is 2. The molecule has 0 radical (unpaired) electrons. The molecule has 1 amide bonds. The number of benzene rings is 1. The number of amides is 1. The van der Waals surface area contributed by atoms with E-state index in [-0.39, 0.29) is 17.6 Å². The summed E-state index contributed by atoms with van der Waals surface area (Å²) in [5.41, 5.74) is 2.71. The summed E-state index contributed by atoms with van der Waals surface area (Å²) in [6.45, 7) is 9.10. The second-order valence-electron chi connectivity index (χ2n) is 6.09. The van der Waals surface area contributed by atoms with Crippen molar-refractivity contribution in [3.05, 3.63) is 52.3 Å². The summed E-state index contributed by atoms with van der Waals surface area (Å²) in [4.78, 5) is 12.5. The van der Waals surface area contributed by atoms with Crippen LogP contribution in [0, 0.1) is 0 Å². The number of carbonyl (C=O) groups is 1. The summed E-state index contributed by atoms with van der Waals surface area (Å²) < 4.78 is 1.67. The highest BCUT2D eigenvalue weighted by Gasteiger charge is 2.19. The van der Waals surface area contributed by atoms with Gasteiger partial charge in [-0.1, -0.05) is 56.6 Å². The van der Waals surface area contributed by atoms with Crippen LogP contribution in [0.1, 0.15) is 74.1 Å². The number of hydrogen-bond donors (Lipinski definition) is 1. The fourth-order valence-corrected chi connectivity index (χ4v) is 2.89. The van der Waals surface area contributed by atoms with Crippen molar-refractivity contribution in [3.8, 4) is 0 Å². The predicted molar refractivity (Wildman–Crippen MR) is 98.6 cm³/mol. The van der Waals surface area contributed by atoms with Gasteiger partial charge in [0.25, 0.3) is 5.91 Å². The zero-order chi connectivity index (χ0) is 17.7. The first-order chi connectivity index (χ1) is 11.5. The molecule has 0 saturated heterocycles. The van der Waals surface area contributed by atoms with E-state index >= 15 is 0 Å². The Hall–Kier alpha value is -1.81. The van der Waals surface area contributed by atoms with E-state index in [0.717, 1.165) is 18.4 Å². The molecule has 2 atom stereocenters. The smallest absolute Gasteiger partial charge is 0.273 e. The molecule has 0 aliphatic carbocycles. The lowest BCUT2D eigenvalue weighted by atomic mass is 9.95. The number of halogens is 1. The van der Waals surface area contributed by atoms with E-state index < -0.39 is 0 Å². The van der Waals surface area contributed by atoms with Gasteiger partial charge in [0.15, 0.2) is 5.69 Å². The van der Waals surface area contributed by atoms with E-state index in [1.165, 1.54) is 5.56 Å². The molecule has 2 unspecified atom stereocenters. The first-order valence-corrected chi connectivity index (χ1v) is 9.01. The van der Waals surface area contributed by atoms with Gasteiger partial charge in [-0.3, -0.25) is 9.48 Å². The van der Waals surface area contributed by atoms with Crippen LogP contribution in [0.2, 0.25) is 5.02 Å². The van der Waals surface area contributed by atoms with Crippen molar-refractivity contribution in [1.29, 1.82) is 0 Å². The molecule has 1 aromatic heterocycles. The van der Waals surface area contributed by atoms with Crippen LogP contribution >= 0.6 is 11.6 Å². The Morgan fingerprint density at radius 2 is 1.79 bits per heavy atom. The van der Waals surface area contributed by atoms with Crippen LogP contribution in [0.25, 0.3) is 0 Å². The van der Waals surface area contributed by atoms with Gasteiger partial charge in [0, 0.05) is 12.7 Å². The molecule has 2 rings (SSSR count). The van der Waals surface area contributed by atoms with Crippen LogP contribution in [-0.2, 0) is 6.54 Å². The molecule has 4 nitrogen and oxygen atoms in total. The predicted octanol–water partition coefficient (Wildman–Crippen LogP) is 4.95. The van der Waals surface area contributed by atoms with Gasteiger partial charge in [-0.05, 0) is 36.8 Å². The van der Waals surface area contributed by atoms with Gasteiger partial charge in [0.05, 0.1) is 11.1 Å². The number of hydrogen-bond acceptors (Lipinski definition) is 2. The highest BCUT2D eigenvalue weighted by Crippen LogP contribution is 2.23. The number of rotatable bonds is 7. The third-order valence-corrected chi connectivity index (χ3v) is 4.77. The number of nitrogens with one attached hydrogen (secondary N) is 1. The van der Waals surface area contributed by atoms with Crippen molar-refractivity contribution in [2.45, 2.75) is 59.0 Å². The average Bonchev–Trinajstić information content (AvgIpc) is 3.00. The maximum atomic E-state index is 12.5. The minimum Gasteiger partial charge on any atom is -0.344 e.